The Bertz CT molecular complexity index is 1270. The quantitative estimate of drug-likeness (QED) is 0.339. The van der Waals surface area contributed by atoms with Crippen molar-refractivity contribution < 1.29 is 9.21 Å². The number of aromatic amines is 1. The highest BCUT2D eigenvalue weighted by molar-refractivity contribution is 5.91. The minimum atomic E-state index is -0.207. The Morgan fingerprint density at radius 1 is 1.06 bits per heavy atom. The molecule has 0 saturated carbocycles. The van der Waals surface area contributed by atoms with Crippen molar-refractivity contribution in [3.63, 3.8) is 0 Å². The van der Waals surface area contributed by atoms with Crippen molar-refractivity contribution in [1.29, 1.82) is 0 Å². The summed E-state index contributed by atoms with van der Waals surface area (Å²) in [6.45, 7) is 7.75. The molecule has 0 unspecified atom stereocenters. The van der Waals surface area contributed by atoms with Gasteiger partial charge in [-0.2, -0.15) is 0 Å². The monoisotopic (exact) mass is 473 g/mol. The van der Waals surface area contributed by atoms with Crippen molar-refractivity contribution in [2.75, 3.05) is 33.7 Å². The van der Waals surface area contributed by atoms with E-state index in [0.717, 1.165) is 31.6 Å². The van der Waals surface area contributed by atoms with Crippen LogP contribution in [0, 0.1) is 13.8 Å². The maximum absolute atomic E-state index is 12.4. The number of rotatable bonds is 11. The van der Waals surface area contributed by atoms with Crippen molar-refractivity contribution in [2.45, 2.75) is 33.4 Å². The van der Waals surface area contributed by atoms with E-state index in [0.29, 0.717) is 24.7 Å². The van der Waals surface area contributed by atoms with Gasteiger partial charge < -0.3 is 19.6 Å². The lowest BCUT2D eigenvalue weighted by atomic mass is 10.0. The van der Waals surface area contributed by atoms with Gasteiger partial charge in [0.05, 0.1) is 6.54 Å². The number of nitrogens with one attached hydrogen (secondary N) is 2. The third-order valence-electron chi connectivity index (χ3n) is 6.26. The third kappa shape index (κ3) is 6.59. The van der Waals surface area contributed by atoms with E-state index in [9.17, 15) is 4.79 Å². The molecule has 0 bridgehead atoms. The Morgan fingerprint density at radius 2 is 1.89 bits per heavy atom. The van der Waals surface area contributed by atoms with Gasteiger partial charge in [0, 0.05) is 43.3 Å². The first-order chi connectivity index (χ1) is 16.9. The topological polar surface area (TPSA) is 77.4 Å². The van der Waals surface area contributed by atoms with Crippen LogP contribution in [0.15, 0.2) is 59.3 Å². The van der Waals surface area contributed by atoms with Crippen LogP contribution in [-0.4, -0.2) is 59.4 Å². The minimum Gasteiger partial charge on any atom is -0.447 e. The molecule has 0 fully saturated rings. The highest BCUT2D eigenvalue weighted by Gasteiger charge is 2.17. The summed E-state index contributed by atoms with van der Waals surface area (Å²) in [6.07, 6.45) is 4.45. The molecule has 0 aliphatic heterocycles. The Hall–Kier alpha value is -3.42. The molecule has 7 heteroatoms. The number of hydrogen-bond acceptors (Lipinski definition) is 5. The molecule has 4 rings (SSSR count). The molecule has 0 saturated heterocycles. The van der Waals surface area contributed by atoms with E-state index in [1.54, 1.807) is 0 Å². The number of fused-ring (bicyclic) bond motifs is 1. The van der Waals surface area contributed by atoms with Crippen LogP contribution in [0.5, 0.6) is 0 Å². The molecule has 7 nitrogen and oxygen atoms in total. The Balaban J connectivity index is 1.47. The second-order valence-electron chi connectivity index (χ2n) is 9.44. The second-order valence-corrected chi connectivity index (χ2v) is 9.44. The van der Waals surface area contributed by atoms with E-state index in [1.165, 1.54) is 33.9 Å². The van der Waals surface area contributed by atoms with Crippen LogP contribution in [0.1, 0.15) is 38.6 Å². The van der Waals surface area contributed by atoms with Gasteiger partial charge in [-0.3, -0.25) is 9.69 Å². The summed E-state index contributed by atoms with van der Waals surface area (Å²) in [5.41, 5.74) is 6.57. The van der Waals surface area contributed by atoms with Crippen LogP contribution >= 0.6 is 0 Å². The number of aryl methyl sites for hydroxylation is 2. The first kappa shape index (κ1) is 24.7. The number of H-pyrrole nitrogens is 1. The van der Waals surface area contributed by atoms with Crippen LogP contribution in [-0.2, 0) is 19.5 Å². The Labute approximate surface area is 207 Å². The number of hydrogen-bond donors (Lipinski definition) is 2. The summed E-state index contributed by atoms with van der Waals surface area (Å²) in [7, 11) is 3.95. The average molecular weight is 474 g/mol. The van der Waals surface area contributed by atoms with E-state index >= 15 is 0 Å². The molecule has 4 aromatic rings. The average Bonchev–Trinajstić information content (AvgIpc) is 3.47. The molecule has 184 valence electrons. The van der Waals surface area contributed by atoms with Gasteiger partial charge in [0.2, 0.25) is 5.89 Å². The lowest BCUT2D eigenvalue weighted by Gasteiger charge is -2.22. The molecule has 35 heavy (non-hydrogen) atoms. The molecular weight excluding hydrogens is 438 g/mol. The van der Waals surface area contributed by atoms with Gasteiger partial charge in [-0.25, -0.2) is 4.98 Å². The van der Waals surface area contributed by atoms with Crippen molar-refractivity contribution in [3.8, 4) is 0 Å². The second kappa shape index (κ2) is 11.3. The molecule has 0 aliphatic carbocycles. The van der Waals surface area contributed by atoms with Crippen LogP contribution in [0.2, 0.25) is 0 Å². The highest BCUT2D eigenvalue weighted by atomic mass is 16.3. The van der Waals surface area contributed by atoms with Gasteiger partial charge in [0.25, 0.3) is 5.91 Å². The molecule has 2 aromatic heterocycles. The smallest absolute Gasteiger partial charge is 0.273 e. The number of nitrogens with zero attached hydrogens (tertiary/aromatic N) is 3. The van der Waals surface area contributed by atoms with E-state index in [1.807, 2.05) is 25.1 Å². The van der Waals surface area contributed by atoms with E-state index in [2.05, 4.69) is 76.6 Å². The van der Waals surface area contributed by atoms with Gasteiger partial charge in [0.1, 0.15) is 6.26 Å². The highest BCUT2D eigenvalue weighted by Crippen LogP contribution is 2.20. The van der Waals surface area contributed by atoms with Gasteiger partial charge in [-0.15, -0.1) is 0 Å². The van der Waals surface area contributed by atoms with Gasteiger partial charge in [0.15, 0.2) is 5.69 Å². The Kier molecular flexibility index (Phi) is 8.00. The number of likely N-dealkylation sites (N-methyl/N-ethyl adjacent to an activating group) is 1. The summed E-state index contributed by atoms with van der Waals surface area (Å²) < 4.78 is 5.71. The first-order valence-electron chi connectivity index (χ1n) is 12.1. The van der Waals surface area contributed by atoms with Crippen molar-refractivity contribution in [3.05, 3.63) is 88.8 Å². The zero-order valence-corrected chi connectivity index (χ0v) is 21.1. The van der Waals surface area contributed by atoms with Gasteiger partial charge in [-0.1, -0.05) is 42.0 Å². The van der Waals surface area contributed by atoms with Gasteiger partial charge in [-0.05, 0) is 57.1 Å². The van der Waals surface area contributed by atoms with E-state index < -0.39 is 0 Å². The number of carbonyl (C=O) groups excluding carboxylic acids is 1. The fourth-order valence-electron chi connectivity index (χ4n) is 4.21. The lowest BCUT2D eigenvalue weighted by molar-refractivity contribution is 0.0946. The zero-order chi connectivity index (χ0) is 24.8. The molecule has 2 heterocycles. The molecule has 0 spiro atoms. The minimum absolute atomic E-state index is 0.207. The van der Waals surface area contributed by atoms with Crippen LogP contribution < -0.4 is 5.32 Å². The summed E-state index contributed by atoms with van der Waals surface area (Å²) in [6, 6.07) is 14.9. The number of amides is 1. The largest absolute Gasteiger partial charge is 0.447 e. The standard InChI is InChI=1S/C28H35N5O2/c1-20-9-10-21(2)23(15-20)17-33(13-11-22-16-30-25-8-6-5-7-24(22)25)18-27-31-26(19-35-27)28(34)29-12-14-32(3)4/h5-10,15-16,19,30H,11-14,17-18H2,1-4H3,(H,29,34). The molecule has 2 aromatic carbocycles. The predicted octanol–water partition coefficient (Wildman–Crippen LogP) is 4.31. The van der Waals surface area contributed by atoms with Crippen molar-refractivity contribution in [1.82, 2.24) is 25.1 Å². The van der Waals surface area contributed by atoms with Crippen molar-refractivity contribution >= 4 is 16.8 Å². The van der Waals surface area contributed by atoms with Crippen molar-refractivity contribution in [2.24, 2.45) is 0 Å². The van der Waals surface area contributed by atoms with Crippen LogP contribution in [0.3, 0.4) is 0 Å². The Morgan fingerprint density at radius 3 is 2.71 bits per heavy atom. The summed E-state index contributed by atoms with van der Waals surface area (Å²) >= 11 is 0. The zero-order valence-electron chi connectivity index (χ0n) is 21.1. The van der Waals surface area contributed by atoms with Gasteiger partial charge >= 0.3 is 0 Å². The third-order valence-corrected chi connectivity index (χ3v) is 6.26. The molecule has 0 atom stereocenters. The summed E-state index contributed by atoms with van der Waals surface area (Å²) in [5.74, 6) is 0.341. The molecule has 1 amide bonds. The maximum atomic E-state index is 12.4. The molecule has 2 N–H and O–H groups in total. The molecule has 0 radical (unpaired) electrons. The van der Waals surface area contributed by atoms with Crippen LogP contribution in [0.4, 0.5) is 0 Å². The number of aromatic nitrogens is 2. The fraction of sp³-hybridized carbons (Fsp3) is 0.357. The summed E-state index contributed by atoms with van der Waals surface area (Å²) in [5, 5.41) is 4.15. The van der Waals surface area contributed by atoms with Crippen LogP contribution in [0.25, 0.3) is 10.9 Å². The molecule has 0 aliphatic rings. The van der Waals surface area contributed by atoms with E-state index in [-0.39, 0.29) is 5.91 Å². The van der Waals surface area contributed by atoms with E-state index in [4.69, 9.17) is 4.42 Å². The predicted molar refractivity (Wildman–Crippen MR) is 139 cm³/mol. The summed E-state index contributed by atoms with van der Waals surface area (Å²) in [4.78, 5) is 24.6. The SMILES string of the molecule is Cc1ccc(C)c(CN(CCc2c[nH]c3ccccc23)Cc2nc(C(=O)NCCN(C)C)co2)c1. The first-order valence-corrected chi connectivity index (χ1v) is 12.1. The number of oxazole rings is 1. The maximum Gasteiger partial charge on any atom is 0.273 e. The fourth-order valence-corrected chi connectivity index (χ4v) is 4.21. The number of carbonyl (C=O) groups is 1. The lowest BCUT2D eigenvalue weighted by Crippen LogP contribution is -2.31. The normalized spacial score (nSPS) is 11.6. The number of para-hydroxylation sites is 1. The number of benzene rings is 2. The molecular formula is C28H35N5O2.